The Morgan fingerprint density at radius 2 is 2.03 bits per heavy atom. The zero-order valence-electron chi connectivity index (χ0n) is 17.4. The van der Waals surface area contributed by atoms with Crippen molar-refractivity contribution in [1.82, 2.24) is 4.90 Å². The third-order valence-electron chi connectivity index (χ3n) is 6.26. The standard InChI is InChI=1S/C23H30N2O4/c1-3-28-22(27)23(11-4-12-25(15-23)21(26)18-9-10-18)14-19-13-20(24-29-19)17-7-5-16(2)6-8-17/h5-8,18-19H,3-4,9-15H2,1-2H3/t19-,23+/m1/s1. The number of ether oxygens (including phenoxy) is 1. The molecule has 0 bridgehead atoms. The number of amides is 1. The van der Waals surface area contributed by atoms with Gasteiger partial charge in [-0.1, -0.05) is 35.0 Å². The van der Waals surface area contributed by atoms with Gasteiger partial charge in [-0.25, -0.2) is 0 Å². The minimum Gasteiger partial charge on any atom is -0.466 e. The van der Waals surface area contributed by atoms with Crippen LogP contribution in [0.25, 0.3) is 0 Å². The number of piperidine rings is 1. The van der Waals surface area contributed by atoms with Gasteiger partial charge in [-0.15, -0.1) is 0 Å². The van der Waals surface area contributed by atoms with Gasteiger partial charge in [-0.2, -0.15) is 0 Å². The Morgan fingerprint density at radius 1 is 1.28 bits per heavy atom. The number of benzene rings is 1. The number of hydrogen-bond acceptors (Lipinski definition) is 5. The Hall–Kier alpha value is -2.37. The van der Waals surface area contributed by atoms with Crippen LogP contribution in [0.4, 0.5) is 0 Å². The molecule has 6 heteroatoms. The quantitative estimate of drug-likeness (QED) is 0.688. The largest absolute Gasteiger partial charge is 0.466 e. The first-order valence-corrected chi connectivity index (χ1v) is 10.8. The second-order valence-electron chi connectivity index (χ2n) is 8.68. The van der Waals surface area contributed by atoms with Gasteiger partial charge in [0.1, 0.15) is 6.10 Å². The van der Waals surface area contributed by atoms with E-state index in [1.165, 1.54) is 5.56 Å². The number of aryl methyl sites for hydroxylation is 1. The van der Waals surface area contributed by atoms with Gasteiger partial charge in [0.25, 0.3) is 0 Å². The lowest BCUT2D eigenvalue weighted by atomic mass is 9.74. The number of oxime groups is 1. The molecule has 1 amide bonds. The van der Waals surface area contributed by atoms with Crippen LogP contribution >= 0.6 is 0 Å². The first-order chi connectivity index (χ1) is 14.0. The van der Waals surface area contributed by atoms with Gasteiger partial charge < -0.3 is 14.5 Å². The molecule has 0 unspecified atom stereocenters. The number of carbonyl (C=O) groups excluding carboxylic acids is 2. The smallest absolute Gasteiger partial charge is 0.314 e. The van der Waals surface area contributed by atoms with Gasteiger partial charge in [0, 0.05) is 31.8 Å². The number of rotatable bonds is 6. The van der Waals surface area contributed by atoms with Crippen molar-refractivity contribution in [3.63, 3.8) is 0 Å². The third kappa shape index (κ3) is 4.31. The summed E-state index contributed by atoms with van der Waals surface area (Å²) in [5, 5.41) is 4.30. The highest BCUT2D eigenvalue weighted by atomic mass is 16.6. The zero-order chi connectivity index (χ0) is 20.4. The molecule has 1 aromatic rings. The normalized spacial score (nSPS) is 26.6. The SMILES string of the molecule is CCOC(=O)[C@]1(C[C@H]2CC(c3ccc(C)cc3)=NO2)CCCN(C(=O)C2CC2)C1. The average molecular weight is 399 g/mol. The lowest BCUT2D eigenvalue weighted by Crippen LogP contribution is -2.52. The van der Waals surface area contributed by atoms with Crippen LogP contribution < -0.4 is 0 Å². The summed E-state index contributed by atoms with van der Waals surface area (Å²) in [5.41, 5.74) is 2.46. The minimum atomic E-state index is -0.707. The first kappa shape index (κ1) is 19.9. The van der Waals surface area contributed by atoms with Crippen molar-refractivity contribution < 1.29 is 19.2 Å². The lowest BCUT2D eigenvalue weighted by Gasteiger charge is -2.41. The van der Waals surface area contributed by atoms with Crippen LogP contribution in [0.3, 0.4) is 0 Å². The first-order valence-electron chi connectivity index (χ1n) is 10.8. The van der Waals surface area contributed by atoms with Crippen molar-refractivity contribution in [2.24, 2.45) is 16.5 Å². The van der Waals surface area contributed by atoms with Gasteiger partial charge in [-0.3, -0.25) is 9.59 Å². The van der Waals surface area contributed by atoms with Crippen LogP contribution in [-0.4, -0.2) is 48.3 Å². The molecule has 3 aliphatic rings. The summed E-state index contributed by atoms with van der Waals surface area (Å²) in [6.45, 7) is 5.38. The molecule has 2 atom stereocenters. The van der Waals surface area contributed by atoms with E-state index < -0.39 is 5.41 Å². The summed E-state index contributed by atoms with van der Waals surface area (Å²) in [6.07, 6.45) is 4.50. The van der Waals surface area contributed by atoms with Crippen molar-refractivity contribution in [3.8, 4) is 0 Å². The Labute approximate surface area is 172 Å². The maximum atomic E-state index is 13.0. The van der Waals surface area contributed by atoms with E-state index in [0.29, 0.717) is 26.0 Å². The van der Waals surface area contributed by atoms with Crippen LogP contribution in [0.2, 0.25) is 0 Å². The summed E-state index contributed by atoms with van der Waals surface area (Å²) in [4.78, 5) is 33.3. The fourth-order valence-corrected chi connectivity index (χ4v) is 4.50. The highest BCUT2D eigenvalue weighted by Gasteiger charge is 2.48. The molecule has 2 heterocycles. The van der Waals surface area contributed by atoms with E-state index >= 15 is 0 Å². The fraction of sp³-hybridized carbons (Fsp3) is 0.609. The summed E-state index contributed by atoms with van der Waals surface area (Å²) in [5.74, 6) is 0.148. The molecular formula is C23H30N2O4. The van der Waals surface area contributed by atoms with Crippen molar-refractivity contribution in [2.75, 3.05) is 19.7 Å². The highest BCUT2D eigenvalue weighted by Crippen LogP contribution is 2.41. The van der Waals surface area contributed by atoms with Crippen molar-refractivity contribution in [1.29, 1.82) is 0 Å². The zero-order valence-corrected chi connectivity index (χ0v) is 17.4. The molecule has 156 valence electrons. The molecule has 4 rings (SSSR count). The molecule has 29 heavy (non-hydrogen) atoms. The molecule has 0 N–H and O–H groups in total. The van der Waals surface area contributed by atoms with Gasteiger partial charge in [0.2, 0.25) is 5.91 Å². The van der Waals surface area contributed by atoms with Gasteiger partial charge in [0.05, 0.1) is 17.7 Å². The van der Waals surface area contributed by atoms with Gasteiger partial charge >= 0.3 is 5.97 Å². The summed E-state index contributed by atoms with van der Waals surface area (Å²) in [7, 11) is 0. The van der Waals surface area contributed by atoms with E-state index in [-0.39, 0.29) is 23.9 Å². The molecule has 1 saturated heterocycles. The Bertz CT molecular complexity index is 800. The summed E-state index contributed by atoms with van der Waals surface area (Å²) >= 11 is 0. The second-order valence-corrected chi connectivity index (χ2v) is 8.68. The van der Waals surface area contributed by atoms with E-state index in [2.05, 4.69) is 36.3 Å². The number of likely N-dealkylation sites (tertiary alicyclic amines) is 1. The van der Waals surface area contributed by atoms with E-state index in [0.717, 1.165) is 43.5 Å². The van der Waals surface area contributed by atoms with Crippen molar-refractivity contribution in [3.05, 3.63) is 35.4 Å². The monoisotopic (exact) mass is 398 g/mol. The van der Waals surface area contributed by atoms with Crippen LogP contribution in [0.5, 0.6) is 0 Å². The molecule has 1 saturated carbocycles. The Balaban J connectivity index is 1.47. The number of hydrogen-bond donors (Lipinski definition) is 0. The summed E-state index contributed by atoms with van der Waals surface area (Å²) < 4.78 is 5.45. The molecular weight excluding hydrogens is 368 g/mol. The Morgan fingerprint density at radius 3 is 2.72 bits per heavy atom. The van der Waals surface area contributed by atoms with Gasteiger partial charge in [0.15, 0.2) is 0 Å². The summed E-state index contributed by atoms with van der Waals surface area (Å²) in [6, 6.07) is 8.23. The molecule has 0 radical (unpaired) electrons. The molecule has 2 fully saturated rings. The van der Waals surface area contributed by atoms with E-state index in [1.54, 1.807) is 0 Å². The molecule has 6 nitrogen and oxygen atoms in total. The number of nitrogens with zero attached hydrogens (tertiary/aromatic N) is 2. The Kier molecular flexibility index (Phi) is 5.61. The molecule has 1 aromatic carbocycles. The maximum absolute atomic E-state index is 13.0. The topological polar surface area (TPSA) is 68.2 Å². The lowest BCUT2D eigenvalue weighted by molar-refractivity contribution is -0.164. The maximum Gasteiger partial charge on any atom is 0.314 e. The van der Waals surface area contributed by atoms with E-state index in [4.69, 9.17) is 9.57 Å². The van der Waals surface area contributed by atoms with E-state index in [9.17, 15) is 9.59 Å². The van der Waals surface area contributed by atoms with Crippen molar-refractivity contribution >= 4 is 17.6 Å². The second kappa shape index (κ2) is 8.17. The van der Waals surface area contributed by atoms with Crippen molar-refractivity contribution in [2.45, 2.75) is 58.5 Å². The molecule has 0 aromatic heterocycles. The fourth-order valence-electron chi connectivity index (χ4n) is 4.50. The molecule has 1 aliphatic carbocycles. The van der Waals surface area contributed by atoms with Crippen LogP contribution in [-0.2, 0) is 19.2 Å². The van der Waals surface area contributed by atoms with Crippen LogP contribution in [0.1, 0.15) is 56.6 Å². The predicted octanol–water partition coefficient (Wildman–Crippen LogP) is 3.46. The number of carbonyl (C=O) groups is 2. The van der Waals surface area contributed by atoms with Crippen LogP contribution in [0.15, 0.2) is 29.4 Å². The average Bonchev–Trinajstić information content (AvgIpc) is 3.48. The molecule has 0 spiro atoms. The minimum absolute atomic E-state index is 0.159. The van der Waals surface area contributed by atoms with Crippen LogP contribution in [0, 0.1) is 18.3 Å². The van der Waals surface area contributed by atoms with E-state index in [1.807, 2.05) is 11.8 Å². The highest BCUT2D eigenvalue weighted by molar-refractivity contribution is 6.01. The van der Waals surface area contributed by atoms with Gasteiger partial charge in [-0.05, 0) is 45.1 Å². The molecule has 2 aliphatic heterocycles. The third-order valence-corrected chi connectivity index (χ3v) is 6.26. The number of esters is 1. The predicted molar refractivity (Wildman–Crippen MR) is 109 cm³/mol.